The number of benzene rings is 4. The largest absolute Gasteiger partial charge is 0.512 e. The predicted octanol–water partition coefficient (Wildman–Crippen LogP) is 10.6. The summed E-state index contributed by atoms with van der Waals surface area (Å²) < 4.78 is 0. The van der Waals surface area contributed by atoms with Gasteiger partial charge >= 0.3 is 0 Å². The van der Waals surface area contributed by atoms with E-state index in [2.05, 4.69) is 101 Å². The summed E-state index contributed by atoms with van der Waals surface area (Å²) in [5, 5.41) is 21.2. The molecule has 1 N–H and O–H groups in total. The van der Waals surface area contributed by atoms with Gasteiger partial charge in [0.1, 0.15) is 5.76 Å². The van der Waals surface area contributed by atoms with Crippen molar-refractivity contribution in [3.8, 4) is 11.3 Å². The Morgan fingerprint density at radius 2 is 1.57 bits per heavy atom. The maximum absolute atomic E-state index is 11.5. The fourth-order valence-electron chi connectivity index (χ4n) is 6.95. The summed E-state index contributed by atoms with van der Waals surface area (Å²) >= 11 is 0. The van der Waals surface area contributed by atoms with Gasteiger partial charge < -0.3 is 10.1 Å². The molecule has 0 spiro atoms. The van der Waals surface area contributed by atoms with Gasteiger partial charge in [-0.05, 0) is 81.0 Å². The summed E-state index contributed by atoms with van der Waals surface area (Å²) in [6.07, 6.45) is 4.41. The van der Waals surface area contributed by atoms with Crippen LogP contribution in [0.15, 0.2) is 72.6 Å². The quantitative estimate of drug-likeness (QED) is 0.0633. The molecule has 6 aromatic rings. The monoisotopic (exact) mass is 872 g/mol. The average Bonchev–Trinajstić information content (AvgIpc) is 3.03. The van der Waals surface area contributed by atoms with Crippen molar-refractivity contribution in [2.75, 3.05) is 0 Å². The van der Waals surface area contributed by atoms with E-state index in [1.807, 2.05) is 47.7 Å². The molecule has 3 heterocycles. The van der Waals surface area contributed by atoms with Crippen LogP contribution in [-0.2, 0) is 31.3 Å². The second-order valence-corrected chi connectivity index (χ2v) is 21.5. The molecule has 0 saturated heterocycles. The summed E-state index contributed by atoms with van der Waals surface area (Å²) in [5.41, 5.74) is 6.40. The molecule has 0 unspecified atom stereocenters. The van der Waals surface area contributed by atoms with Gasteiger partial charge in [0.15, 0.2) is 5.78 Å². The van der Waals surface area contributed by atoms with E-state index < -0.39 is 13.5 Å². The number of aliphatic hydroxyl groups excluding tert-OH is 1. The number of aliphatic hydroxyl groups is 1. The summed E-state index contributed by atoms with van der Waals surface area (Å²) in [6, 6.07) is 24.4. The minimum Gasteiger partial charge on any atom is -0.512 e. The molecule has 1 aliphatic heterocycles. The molecule has 0 bridgehead atoms. The number of rotatable bonds is 3. The molecular formula is C45H51IrN2O2Si-. The molecule has 1 radical (unpaired) electrons. The molecule has 1 aliphatic rings. The number of carbonyl (C=O) groups excluding carboxylic acids is 1. The third-order valence-corrected chi connectivity index (χ3v) is 13.6. The maximum atomic E-state index is 11.5. The van der Waals surface area contributed by atoms with Gasteiger partial charge in [-0.1, -0.05) is 138 Å². The standard InChI is InChI=1S/C34H31N2Si.C11H20O2.Ir/c1-19(2)15-22-8-10-23-11-12-25-26-13-14-35-33-29-17-24-9-7-20(3)21(4)32(24)36-34(29)37(5,6)30(31(26)33)18-28(25)27(23)16-22;1-10(2,3)8(12)7-9(13)11(4,5)6;/h7-14,16,18-19H,15H2,1-6H3;7,12H,1-6H3;/q-1;;/b;8-7-;. The molecule has 267 valence electrons. The van der Waals surface area contributed by atoms with E-state index in [0.717, 1.165) is 28.6 Å². The Bertz CT molecular complexity index is 2380. The Morgan fingerprint density at radius 3 is 2.22 bits per heavy atom. The second-order valence-electron chi connectivity index (χ2n) is 17.2. The molecule has 0 fully saturated rings. The van der Waals surface area contributed by atoms with Gasteiger partial charge in [0.05, 0.1) is 8.07 Å². The van der Waals surface area contributed by atoms with Crippen LogP contribution in [-0.4, -0.2) is 28.9 Å². The van der Waals surface area contributed by atoms with Gasteiger partial charge in [0.2, 0.25) is 0 Å². The maximum Gasteiger partial charge on any atom is 0.164 e. The number of allylic oxidation sites excluding steroid dienone is 2. The fraction of sp³-hybridized carbons (Fsp3) is 0.356. The van der Waals surface area contributed by atoms with Crippen LogP contribution in [0.5, 0.6) is 0 Å². The molecule has 6 heteroatoms. The van der Waals surface area contributed by atoms with Crippen LogP contribution in [0.2, 0.25) is 13.1 Å². The van der Waals surface area contributed by atoms with Crippen molar-refractivity contribution in [3.05, 3.63) is 95.4 Å². The van der Waals surface area contributed by atoms with Crippen LogP contribution >= 0.6 is 0 Å². The molecule has 0 amide bonds. The van der Waals surface area contributed by atoms with Crippen molar-refractivity contribution >= 4 is 67.6 Å². The molecule has 0 aliphatic carbocycles. The first-order valence-electron chi connectivity index (χ1n) is 17.9. The fourth-order valence-corrected chi connectivity index (χ4v) is 9.79. The van der Waals surface area contributed by atoms with E-state index >= 15 is 0 Å². The minimum absolute atomic E-state index is 0. The van der Waals surface area contributed by atoms with Crippen molar-refractivity contribution in [3.63, 3.8) is 0 Å². The molecule has 51 heavy (non-hydrogen) atoms. The third-order valence-electron chi connectivity index (χ3n) is 10.3. The van der Waals surface area contributed by atoms with Gasteiger partial charge in [-0.3, -0.25) is 9.78 Å². The summed E-state index contributed by atoms with van der Waals surface area (Å²) in [4.78, 5) is 21.8. The number of aryl methyl sites for hydroxylation is 2. The first-order valence-corrected chi connectivity index (χ1v) is 20.9. The van der Waals surface area contributed by atoms with Crippen LogP contribution in [0.4, 0.5) is 0 Å². The Morgan fingerprint density at radius 1 is 0.882 bits per heavy atom. The smallest absolute Gasteiger partial charge is 0.164 e. The number of nitrogens with zero attached hydrogens (tertiary/aromatic N) is 2. The molecule has 0 saturated carbocycles. The van der Waals surface area contributed by atoms with E-state index in [9.17, 15) is 9.90 Å². The van der Waals surface area contributed by atoms with Gasteiger partial charge in [0, 0.05) is 48.9 Å². The first kappa shape index (κ1) is 38.5. The second kappa shape index (κ2) is 13.7. The van der Waals surface area contributed by atoms with Crippen molar-refractivity contribution in [1.29, 1.82) is 0 Å². The van der Waals surface area contributed by atoms with Gasteiger partial charge in [-0.15, -0.1) is 12.1 Å². The van der Waals surface area contributed by atoms with E-state index in [0.29, 0.717) is 5.92 Å². The first-order chi connectivity index (χ1) is 23.3. The van der Waals surface area contributed by atoms with E-state index in [-0.39, 0.29) is 37.1 Å². The summed E-state index contributed by atoms with van der Waals surface area (Å²) in [6.45, 7) is 25.0. The molecule has 7 rings (SSSR count). The average molecular weight is 872 g/mol. The van der Waals surface area contributed by atoms with Crippen LogP contribution in [0.25, 0.3) is 54.5 Å². The van der Waals surface area contributed by atoms with Crippen molar-refractivity contribution in [1.82, 2.24) is 9.97 Å². The predicted molar refractivity (Wildman–Crippen MR) is 216 cm³/mol. The van der Waals surface area contributed by atoms with E-state index in [1.54, 1.807) is 0 Å². The SMILES string of the molecule is CC(C)(C)C(=O)/C=C(\O)C(C)(C)C.Cc1ccc2[c-]c3c(nc2c1C)[Si](C)(C)c1cc2c4cc(CC(C)C)ccc4ccc2c2ccnc-3c12.[Ir]. The molecule has 0 atom stereocenters. The van der Waals surface area contributed by atoms with Gasteiger partial charge in [-0.25, -0.2) is 0 Å². The van der Waals surface area contributed by atoms with E-state index in [1.165, 1.54) is 65.6 Å². The Kier molecular flexibility index (Phi) is 10.3. The number of fused-ring (bicyclic) bond motifs is 7. The number of carbonyl (C=O) groups is 1. The van der Waals surface area contributed by atoms with Crippen LogP contribution in [0.3, 0.4) is 0 Å². The summed E-state index contributed by atoms with van der Waals surface area (Å²) in [7, 11) is -2.15. The molecule has 4 aromatic carbocycles. The number of hydrogen-bond acceptors (Lipinski definition) is 4. The van der Waals surface area contributed by atoms with Crippen molar-refractivity contribution in [2.45, 2.75) is 88.8 Å². The van der Waals surface area contributed by atoms with Gasteiger partial charge in [0.25, 0.3) is 0 Å². The van der Waals surface area contributed by atoms with Crippen molar-refractivity contribution in [2.24, 2.45) is 16.7 Å². The number of hydrogen-bond donors (Lipinski definition) is 1. The Balaban J connectivity index is 0.000000310. The third kappa shape index (κ3) is 7.08. The zero-order valence-electron chi connectivity index (χ0n) is 32.2. The molecular weight excluding hydrogens is 821 g/mol. The topological polar surface area (TPSA) is 63.1 Å². The number of aromatic nitrogens is 2. The zero-order valence-corrected chi connectivity index (χ0v) is 35.6. The van der Waals surface area contributed by atoms with E-state index in [4.69, 9.17) is 9.97 Å². The molecule has 4 nitrogen and oxygen atoms in total. The Hall–Kier alpha value is -3.70. The van der Waals surface area contributed by atoms with Crippen LogP contribution in [0.1, 0.15) is 72.1 Å². The number of pyridine rings is 2. The molecule has 2 aromatic heterocycles. The van der Waals surface area contributed by atoms with Crippen LogP contribution < -0.4 is 10.5 Å². The van der Waals surface area contributed by atoms with Crippen LogP contribution in [0, 0.1) is 36.7 Å². The van der Waals surface area contributed by atoms with Crippen molar-refractivity contribution < 1.29 is 30.0 Å². The van der Waals surface area contributed by atoms with Gasteiger partial charge in [-0.2, -0.15) is 0 Å². The zero-order chi connectivity index (χ0) is 36.5. The normalized spacial score (nSPS) is 14.0. The minimum atomic E-state index is -2.15. The Labute approximate surface area is 318 Å². The number of ketones is 1. The summed E-state index contributed by atoms with van der Waals surface area (Å²) in [5.74, 6) is 0.738.